The Balaban J connectivity index is 2.39. The van der Waals surface area contributed by atoms with Crippen LogP contribution in [0.3, 0.4) is 0 Å². The molecule has 0 aromatic heterocycles. The summed E-state index contributed by atoms with van der Waals surface area (Å²) in [4.78, 5) is 0. The van der Waals surface area contributed by atoms with Gasteiger partial charge in [0.15, 0.2) is 0 Å². The highest BCUT2D eigenvalue weighted by Gasteiger charge is 2.09. The van der Waals surface area contributed by atoms with Crippen molar-refractivity contribution in [3.8, 4) is 0 Å². The Morgan fingerprint density at radius 3 is 1.56 bits per heavy atom. The van der Waals surface area contributed by atoms with E-state index in [1.54, 1.807) is 6.08 Å². The van der Waals surface area contributed by atoms with Gasteiger partial charge in [-0.05, 0) is 17.2 Å². The number of hydrogen-bond acceptors (Lipinski definition) is 1. The van der Waals surface area contributed by atoms with E-state index >= 15 is 0 Å². The number of benzene rings is 2. The van der Waals surface area contributed by atoms with Gasteiger partial charge < -0.3 is 5.11 Å². The average Bonchev–Trinajstić information content (AvgIpc) is 2.38. The molecular weight excluding hydrogens is 196 g/mol. The molecule has 1 heteroatoms. The first kappa shape index (κ1) is 10.5. The third-order valence-corrected chi connectivity index (χ3v) is 2.60. The fourth-order valence-electron chi connectivity index (χ4n) is 1.82. The number of rotatable bonds is 3. The predicted molar refractivity (Wildman–Crippen MR) is 66.5 cm³/mol. The lowest BCUT2D eigenvalue weighted by atomic mass is 9.91. The molecule has 0 saturated carbocycles. The second kappa shape index (κ2) is 5.17. The van der Waals surface area contributed by atoms with Crippen molar-refractivity contribution in [1.29, 1.82) is 0 Å². The lowest BCUT2D eigenvalue weighted by molar-refractivity contribution is 0.470. The van der Waals surface area contributed by atoms with Gasteiger partial charge >= 0.3 is 0 Å². The molecule has 0 unspecified atom stereocenters. The normalized spacial score (nSPS) is 11.1. The molecule has 0 saturated heterocycles. The van der Waals surface area contributed by atoms with Crippen LogP contribution in [-0.2, 0) is 0 Å². The monoisotopic (exact) mass is 210 g/mol. The van der Waals surface area contributed by atoms with Crippen LogP contribution in [-0.4, -0.2) is 5.11 Å². The first-order valence-electron chi connectivity index (χ1n) is 5.32. The summed E-state index contributed by atoms with van der Waals surface area (Å²) in [5.74, 6) is 0.118. The summed E-state index contributed by atoms with van der Waals surface area (Å²) < 4.78 is 0. The van der Waals surface area contributed by atoms with Crippen molar-refractivity contribution in [2.45, 2.75) is 5.92 Å². The predicted octanol–water partition coefficient (Wildman–Crippen LogP) is 3.89. The molecule has 2 aromatic carbocycles. The van der Waals surface area contributed by atoms with Crippen LogP contribution in [0.5, 0.6) is 0 Å². The zero-order chi connectivity index (χ0) is 11.2. The quantitative estimate of drug-likeness (QED) is 0.762. The Morgan fingerprint density at radius 1 is 0.750 bits per heavy atom. The smallest absolute Gasteiger partial charge is 0.0761 e. The van der Waals surface area contributed by atoms with Gasteiger partial charge in [0.05, 0.1) is 6.26 Å². The maximum absolute atomic E-state index is 8.98. The van der Waals surface area contributed by atoms with Crippen molar-refractivity contribution in [2.75, 3.05) is 0 Å². The number of allylic oxidation sites excluding steroid dienone is 1. The van der Waals surface area contributed by atoms with Gasteiger partial charge in [0.2, 0.25) is 0 Å². The van der Waals surface area contributed by atoms with Crippen LogP contribution in [0.25, 0.3) is 0 Å². The lowest BCUT2D eigenvalue weighted by Gasteiger charge is -2.13. The number of aliphatic hydroxyl groups excluding tert-OH is 1. The highest BCUT2D eigenvalue weighted by molar-refractivity contribution is 5.36. The van der Waals surface area contributed by atoms with Crippen molar-refractivity contribution in [3.63, 3.8) is 0 Å². The summed E-state index contributed by atoms with van der Waals surface area (Å²) in [6, 6.07) is 20.3. The van der Waals surface area contributed by atoms with Gasteiger partial charge in [-0.3, -0.25) is 0 Å². The fourth-order valence-corrected chi connectivity index (χ4v) is 1.82. The Morgan fingerprint density at radius 2 is 1.19 bits per heavy atom. The molecule has 0 atom stereocenters. The molecular formula is C15H14O. The number of hydrogen-bond donors (Lipinski definition) is 1. The standard InChI is InChI=1S/C15H14O/c16-12-11-15(13-7-3-1-4-8-13)14-9-5-2-6-10-14/h1-12,15-16H. The minimum absolute atomic E-state index is 0.118. The Labute approximate surface area is 95.7 Å². The van der Waals surface area contributed by atoms with E-state index in [0.717, 1.165) is 6.26 Å². The van der Waals surface area contributed by atoms with Gasteiger partial charge in [0.1, 0.15) is 0 Å². The van der Waals surface area contributed by atoms with Gasteiger partial charge in [-0.25, -0.2) is 0 Å². The highest BCUT2D eigenvalue weighted by Crippen LogP contribution is 2.25. The number of aliphatic hydroxyl groups is 1. The van der Waals surface area contributed by atoms with E-state index in [9.17, 15) is 0 Å². The van der Waals surface area contributed by atoms with Crippen LogP contribution in [0.2, 0.25) is 0 Å². The SMILES string of the molecule is OC=CC(c1ccccc1)c1ccccc1. The Hall–Kier alpha value is -2.02. The summed E-state index contributed by atoms with van der Waals surface area (Å²) in [7, 11) is 0. The molecule has 0 radical (unpaired) electrons. The van der Waals surface area contributed by atoms with E-state index in [4.69, 9.17) is 5.11 Å². The molecule has 0 aliphatic heterocycles. The first-order valence-corrected chi connectivity index (χ1v) is 5.32. The molecule has 1 N–H and O–H groups in total. The zero-order valence-corrected chi connectivity index (χ0v) is 8.95. The maximum atomic E-state index is 8.98. The lowest BCUT2D eigenvalue weighted by Crippen LogP contribution is -1.97. The van der Waals surface area contributed by atoms with Gasteiger partial charge in [-0.1, -0.05) is 60.7 Å². The summed E-state index contributed by atoms with van der Waals surface area (Å²) in [6.45, 7) is 0. The molecule has 16 heavy (non-hydrogen) atoms. The fraction of sp³-hybridized carbons (Fsp3) is 0.0667. The van der Waals surface area contributed by atoms with E-state index in [1.807, 2.05) is 36.4 Å². The molecule has 2 rings (SSSR count). The van der Waals surface area contributed by atoms with Gasteiger partial charge in [0.25, 0.3) is 0 Å². The van der Waals surface area contributed by atoms with Crippen LogP contribution >= 0.6 is 0 Å². The van der Waals surface area contributed by atoms with Gasteiger partial charge in [-0.2, -0.15) is 0 Å². The molecule has 0 heterocycles. The molecule has 0 aliphatic carbocycles. The highest BCUT2D eigenvalue weighted by atomic mass is 16.2. The van der Waals surface area contributed by atoms with E-state index in [0.29, 0.717) is 0 Å². The molecule has 0 aliphatic rings. The Bertz CT molecular complexity index is 406. The van der Waals surface area contributed by atoms with Crippen molar-refractivity contribution in [2.24, 2.45) is 0 Å². The van der Waals surface area contributed by atoms with Crippen LogP contribution in [0, 0.1) is 0 Å². The molecule has 1 nitrogen and oxygen atoms in total. The van der Waals surface area contributed by atoms with Crippen LogP contribution in [0.4, 0.5) is 0 Å². The van der Waals surface area contributed by atoms with Crippen molar-refractivity contribution < 1.29 is 5.11 Å². The van der Waals surface area contributed by atoms with E-state index in [2.05, 4.69) is 24.3 Å². The second-order valence-electron chi connectivity index (χ2n) is 3.64. The third-order valence-electron chi connectivity index (χ3n) is 2.60. The largest absolute Gasteiger partial charge is 0.516 e. The molecule has 2 aromatic rings. The molecule has 0 amide bonds. The van der Waals surface area contributed by atoms with Crippen LogP contribution < -0.4 is 0 Å². The van der Waals surface area contributed by atoms with E-state index < -0.39 is 0 Å². The first-order chi connectivity index (χ1) is 7.92. The van der Waals surface area contributed by atoms with Crippen molar-refractivity contribution in [1.82, 2.24) is 0 Å². The van der Waals surface area contributed by atoms with E-state index in [1.165, 1.54) is 11.1 Å². The van der Waals surface area contributed by atoms with Gasteiger partial charge in [0, 0.05) is 5.92 Å². The summed E-state index contributed by atoms with van der Waals surface area (Å²) in [5.41, 5.74) is 2.36. The van der Waals surface area contributed by atoms with E-state index in [-0.39, 0.29) is 5.92 Å². The second-order valence-corrected chi connectivity index (χ2v) is 3.64. The van der Waals surface area contributed by atoms with Gasteiger partial charge in [-0.15, -0.1) is 0 Å². The summed E-state index contributed by atoms with van der Waals surface area (Å²) >= 11 is 0. The minimum Gasteiger partial charge on any atom is -0.516 e. The average molecular weight is 210 g/mol. The maximum Gasteiger partial charge on any atom is 0.0761 e. The minimum atomic E-state index is 0.118. The van der Waals surface area contributed by atoms with Crippen LogP contribution in [0.15, 0.2) is 73.0 Å². The van der Waals surface area contributed by atoms with Crippen molar-refractivity contribution >= 4 is 0 Å². The summed E-state index contributed by atoms with van der Waals surface area (Å²) in [6.07, 6.45) is 2.91. The molecule has 0 spiro atoms. The molecule has 0 fully saturated rings. The molecule has 0 bridgehead atoms. The Kier molecular flexibility index (Phi) is 3.39. The summed E-state index contributed by atoms with van der Waals surface area (Å²) in [5, 5.41) is 8.98. The third kappa shape index (κ3) is 2.31. The topological polar surface area (TPSA) is 20.2 Å². The van der Waals surface area contributed by atoms with Crippen LogP contribution in [0.1, 0.15) is 17.0 Å². The molecule has 80 valence electrons. The van der Waals surface area contributed by atoms with Crippen molar-refractivity contribution in [3.05, 3.63) is 84.1 Å². The zero-order valence-electron chi connectivity index (χ0n) is 8.95.